The van der Waals surface area contributed by atoms with Crippen LogP contribution in [0.4, 0.5) is 0 Å². The molecule has 2 heteroatoms. The number of piperazine rings is 1. The Kier molecular flexibility index (Phi) is 4.97. The van der Waals surface area contributed by atoms with Crippen molar-refractivity contribution < 1.29 is 9.80 Å². The van der Waals surface area contributed by atoms with Gasteiger partial charge in [-0.25, -0.2) is 0 Å². The Bertz CT molecular complexity index is 412. The molecule has 0 radical (unpaired) electrons. The minimum absolute atomic E-state index is 0.806. The summed E-state index contributed by atoms with van der Waals surface area (Å²) in [6.07, 6.45) is 5.68. The number of hydrogen-bond acceptors (Lipinski definition) is 0. The van der Waals surface area contributed by atoms with E-state index in [0.717, 1.165) is 18.0 Å². The number of hydrogen-bond donors (Lipinski definition) is 2. The van der Waals surface area contributed by atoms with Crippen molar-refractivity contribution in [2.75, 3.05) is 26.2 Å². The Morgan fingerprint density at radius 2 is 1.48 bits per heavy atom. The standard InChI is InChI=1S/C19H30N2/c1-16(2)20-12-14-21(15-13-20)19-10-8-18(9-11-19)17-6-4-3-5-7-17/h3-7,16,18-19H,8-15H2,1-2H3/p+2. The predicted octanol–water partition coefficient (Wildman–Crippen LogP) is 0.905. The monoisotopic (exact) mass is 288 g/mol. The molecule has 0 aromatic heterocycles. The second-order valence-corrected chi connectivity index (χ2v) is 7.43. The molecule has 0 bridgehead atoms. The van der Waals surface area contributed by atoms with E-state index in [9.17, 15) is 0 Å². The maximum Gasteiger partial charge on any atom is 0.127 e. The Morgan fingerprint density at radius 1 is 0.857 bits per heavy atom. The molecule has 1 aromatic rings. The van der Waals surface area contributed by atoms with Crippen molar-refractivity contribution in [2.24, 2.45) is 0 Å². The molecule has 0 amide bonds. The smallest absolute Gasteiger partial charge is 0.127 e. The van der Waals surface area contributed by atoms with Gasteiger partial charge in [0.25, 0.3) is 0 Å². The van der Waals surface area contributed by atoms with Gasteiger partial charge < -0.3 is 9.80 Å². The van der Waals surface area contributed by atoms with Gasteiger partial charge in [-0.2, -0.15) is 0 Å². The predicted molar refractivity (Wildman–Crippen MR) is 88.0 cm³/mol. The van der Waals surface area contributed by atoms with E-state index < -0.39 is 0 Å². The molecule has 2 aliphatic rings. The molecule has 1 aromatic carbocycles. The van der Waals surface area contributed by atoms with Crippen LogP contribution in [0.25, 0.3) is 0 Å². The lowest BCUT2D eigenvalue weighted by molar-refractivity contribution is -1.03. The lowest BCUT2D eigenvalue weighted by Crippen LogP contribution is -3.30. The van der Waals surface area contributed by atoms with Crippen LogP contribution in [0, 0.1) is 0 Å². The SMILES string of the molecule is CC(C)[NH+]1CC[NH+](C2CCC(c3ccccc3)CC2)CC1. The summed E-state index contributed by atoms with van der Waals surface area (Å²) in [6, 6.07) is 12.9. The maximum atomic E-state index is 2.37. The van der Waals surface area contributed by atoms with E-state index in [1.54, 1.807) is 5.56 Å². The van der Waals surface area contributed by atoms with Gasteiger partial charge in [-0.3, -0.25) is 0 Å². The average Bonchev–Trinajstić information content (AvgIpc) is 2.56. The zero-order valence-corrected chi connectivity index (χ0v) is 13.8. The summed E-state index contributed by atoms with van der Waals surface area (Å²) < 4.78 is 0. The quantitative estimate of drug-likeness (QED) is 0.818. The summed E-state index contributed by atoms with van der Waals surface area (Å²) in [5.74, 6) is 0.824. The van der Waals surface area contributed by atoms with Crippen LogP contribution >= 0.6 is 0 Å². The molecule has 3 rings (SSSR count). The third-order valence-electron chi connectivity index (χ3n) is 5.93. The lowest BCUT2D eigenvalue weighted by Gasteiger charge is -2.39. The highest BCUT2D eigenvalue weighted by Crippen LogP contribution is 2.31. The molecule has 0 atom stereocenters. The van der Waals surface area contributed by atoms with E-state index in [1.165, 1.54) is 51.9 Å². The zero-order chi connectivity index (χ0) is 14.7. The molecule has 1 saturated carbocycles. The Hall–Kier alpha value is -0.860. The highest BCUT2D eigenvalue weighted by molar-refractivity contribution is 5.19. The van der Waals surface area contributed by atoms with Crippen LogP contribution in [0.3, 0.4) is 0 Å². The van der Waals surface area contributed by atoms with Crippen LogP contribution in [0.5, 0.6) is 0 Å². The number of quaternary nitrogens is 2. The number of benzene rings is 1. The van der Waals surface area contributed by atoms with Gasteiger partial charge in [0.05, 0.1) is 12.1 Å². The largest absolute Gasteiger partial charge is 0.324 e. The molecule has 0 spiro atoms. The van der Waals surface area contributed by atoms with Crippen LogP contribution in [0.2, 0.25) is 0 Å². The van der Waals surface area contributed by atoms with Gasteiger partial charge in [0, 0.05) is 0 Å². The highest BCUT2D eigenvalue weighted by atomic mass is 15.3. The topological polar surface area (TPSA) is 8.88 Å². The van der Waals surface area contributed by atoms with Crippen LogP contribution < -0.4 is 9.80 Å². The molecule has 1 heterocycles. The van der Waals surface area contributed by atoms with Gasteiger partial charge >= 0.3 is 0 Å². The molecular weight excluding hydrogens is 256 g/mol. The minimum Gasteiger partial charge on any atom is -0.324 e. The maximum absolute atomic E-state index is 2.37. The molecular formula is C19H32N2+2. The zero-order valence-electron chi connectivity index (χ0n) is 13.8. The molecule has 2 N–H and O–H groups in total. The normalized spacial score (nSPS) is 34.0. The Morgan fingerprint density at radius 3 is 2.05 bits per heavy atom. The number of rotatable bonds is 3. The summed E-state index contributed by atoms with van der Waals surface area (Å²) in [4.78, 5) is 3.72. The fraction of sp³-hybridized carbons (Fsp3) is 0.684. The van der Waals surface area contributed by atoms with E-state index in [4.69, 9.17) is 0 Å². The van der Waals surface area contributed by atoms with E-state index in [0.29, 0.717) is 0 Å². The average molecular weight is 288 g/mol. The van der Waals surface area contributed by atoms with Crippen LogP contribution in [0.1, 0.15) is 51.0 Å². The highest BCUT2D eigenvalue weighted by Gasteiger charge is 2.33. The molecule has 0 unspecified atom stereocenters. The van der Waals surface area contributed by atoms with Gasteiger partial charge in [-0.15, -0.1) is 0 Å². The fourth-order valence-electron chi connectivity index (χ4n) is 4.44. The molecule has 1 aliphatic heterocycles. The first kappa shape index (κ1) is 15.1. The molecule has 2 nitrogen and oxygen atoms in total. The van der Waals surface area contributed by atoms with Crippen molar-refractivity contribution in [1.82, 2.24) is 0 Å². The van der Waals surface area contributed by atoms with Crippen LogP contribution in [0.15, 0.2) is 30.3 Å². The van der Waals surface area contributed by atoms with Crippen molar-refractivity contribution in [3.63, 3.8) is 0 Å². The lowest BCUT2D eigenvalue weighted by atomic mass is 9.81. The summed E-state index contributed by atoms with van der Waals surface area (Å²) >= 11 is 0. The summed E-state index contributed by atoms with van der Waals surface area (Å²) in [7, 11) is 0. The van der Waals surface area contributed by atoms with Crippen molar-refractivity contribution >= 4 is 0 Å². The molecule has 21 heavy (non-hydrogen) atoms. The van der Waals surface area contributed by atoms with E-state index in [-0.39, 0.29) is 0 Å². The van der Waals surface area contributed by atoms with Crippen molar-refractivity contribution in [2.45, 2.75) is 57.5 Å². The van der Waals surface area contributed by atoms with Gasteiger partial charge in [0.1, 0.15) is 26.2 Å². The van der Waals surface area contributed by atoms with Crippen molar-refractivity contribution in [1.29, 1.82) is 0 Å². The molecule has 2 fully saturated rings. The molecule has 1 aliphatic carbocycles. The first-order valence-electron chi connectivity index (χ1n) is 8.98. The van der Waals surface area contributed by atoms with E-state index in [2.05, 4.69) is 44.2 Å². The fourth-order valence-corrected chi connectivity index (χ4v) is 4.44. The summed E-state index contributed by atoms with van der Waals surface area (Å²) in [6.45, 7) is 10.3. The Balaban J connectivity index is 1.48. The van der Waals surface area contributed by atoms with Gasteiger partial charge in [-0.1, -0.05) is 30.3 Å². The van der Waals surface area contributed by atoms with E-state index >= 15 is 0 Å². The second-order valence-electron chi connectivity index (χ2n) is 7.43. The second kappa shape index (κ2) is 6.93. The van der Waals surface area contributed by atoms with Crippen LogP contribution in [-0.4, -0.2) is 38.3 Å². The summed E-state index contributed by atoms with van der Waals surface area (Å²) in [5, 5.41) is 0. The van der Waals surface area contributed by atoms with Gasteiger partial charge in [0.2, 0.25) is 0 Å². The van der Waals surface area contributed by atoms with Gasteiger partial charge in [-0.05, 0) is 51.0 Å². The van der Waals surface area contributed by atoms with Crippen molar-refractivity contribution in [3.05, 3.63) is 35.9 Å². The summed E-state index contributed by atoms with van der Waals surface area (Å²) in [5.41, 5.74) is 1.57. The third-order valence-corrected chi connectivity index (χ3v) is 5.93. The number of nitrogens with one attached hydrogen (secondary N) is 2. The first-order valence-corrected chi connectivity index (χ1v) is 8.98. The third kappa shape index (κ3) is 3.67. The van der Waals surface area contributed by atoms with Crippen LogP contribution in [-0.2, 0) is 0 Å². The van der Waals surface area contributed by atoms with E-state index in [1.807, 2.05) is 9.80 Å². The van der Waals surface area contributed by atoms with Gasteiger partial charge in [0.15, 0.2) is 0 Å². The Labute approximate surface area is 130 Å². The minimum atomic E-state index is 0.806. The van der Waals surface area contributed by atoms with Crippen molar-refractivity contribution in [3.8, 4) is 0 Å². The molecule has 1 saturated heterocycles. The first-order chi connectivity index (χ1) is 10.2. The molecule has 116 valence electrons.